The van der Waals surface area contributed by atoms with Crippen LogP contribution in [-0.2, 0) is 18.2 Å². The molecular weight excluding hydrogens is 182 g/mol. The number of aliphatic hydroxyl groups is 1. The summed E-state index contributed by atoms with van der Waals surface area (Å²) in [5.41, 5.74) is 0. The number of ether oxygens (including phenoxy) is 1. The van der Waals surface area contributed by atoms with Crippen molar-refractivity contribution < 1.29 is 9.84 Å². The number of aromatic nitrogens is 3. The van der Waals surface area contributed by atoms with E-state index in [1.807, 2.05) is 13.8 Å². The zero-order valence-electron chi connectivity index (χ0n) is 8.84. The maximum absolute atomic E-state index is 9.74. The van der Waals surface area contributed by atoms with Crippen LogP contribution < -0.4 is 0 Å². The first-order valence-electron chi connectivity index (χ1n) is 4.77. The van der Waals surface area contributed by atoms with Crippen LogP contribution >= 0.6 is 0 Å². The van der Waals surface area contributed by atoms with Gasteiger partial charge in [0.1, 0.15) is 12.2 Å². The summed E-state index contributed by atoms with van der Waals surface area (Å²) in [6, 6.07) is 0. The number of aliphatic hydroxyl groups excluding tert-OH is 1. The molecule has 0 saturated carbocycles. The third-order valence-corrected chi connectivity index (χ3v) is 2.17. The number of nitrogens with zero attached hydrogens (tertiary/aromatic N) is 3. The molecule has 14 heavy (non-hydrogen) atoms. The van der Waals surface area contributed by atoms with E-state index in [0.717, 1.165) is 5.82 Å². The van der Waals surface area contributed by atoms with Gasteiger partial charge in [0.2, 0.25) is 0 Å². The molecule has 5 nitrogen and oxygen atoms in total. The fourth-order valence-electron chi connectivity index (χ4n) is 1.23. The summed E-state index contributed by atoms with van der Waals surface area (Å²) in [5.74, 6) is 0.768. The highest BCUT2D eigenvalue weighted by molar-refractivity contribution is 4.87. The van der Waals surface area contributed by atoms with Crippen molar-refractivity contribution in [2.75, 3.05) is 6.61 Å². The van der Waals surface area contributed by atoms with E-state index in [1.165, 1.54) is 6.33 Å². The lowest BCUT2D eigenvalue weighted by atomic mass is 10.1. The Bertz CT molecular complexity index is 275. The van der Waals surface area contributed by atoms with Gasteiger partial charge in [-0.05, 0) is 13.8 Å². The van der Waals surface area contributed by atoms with Crippen molar-refractivity contribution in [3.8, 4) is 0 Å². The fourth-order valence-corrected chi connectivity index (χ4v) is 1.23. The smallest absolute Gasteiger partial charge is 0.138 e. The molecule has 1 heterocycles. The molecule has 1 aromatic rings. The van der Waals surface area contributed by atoms with E-state index in [-0.39, 0.29) is 6.10 Å². The van der Waals surface area contributed by atoms with Crippen molar-refractivity contribution in [3.05, 3.63) is 12.2 Å². The van der Waals surface area contributed by atoms with E-state index in [0.29, 0.717) is 13.0 Å². The van der Waals surface area contributed by atoms with Gasteiger partial charge >= 0.3 is 0 Å². The van der Waals surface area contributed by atoms with Crippen molar-refractivity contribution in [2.24, 2.45) is 7.05 Å². The Kier molecular flexibility index (Phi) is 4.03. The van der Waals surface area contributed by atoms with Crippen LogP contribution in [0.2, 0.25) is 0 Å². The normalized spacial score (nSPS) is 15.4. The number of rotatable bonds is 5. The van der Waals surface area contributed by atoms with Gasteiger partial charge in [-0.3, -0.25) is 4.68 Å². The molecule has 0 bridgehead atoms. The maximum Gasteiger partial charge on any atom is 0.138 e. The number of hydrogen-bond acceptors (Lipinski definition) is 4. The quantitative estimate of drug-likeness (QED) is 0.733. The summed E-state index contributed by atoms with van der Waals surface area (Å²) in [4.78, 5) is 4.03. The van der Waals surface area contributed by atoms with E-state index >= 15 is 0 Å². The highest BCUT2D eigenvalue weighted by Gasteiger charge is 2.16. The lowest BCUT2D eigenvalue weighted by molar-refractivity contribution is -0.0219. The first-order valence-corrected chi connectivity index (χ1v) is 4.77. The second-order valence-corrected chi connectivity index (χ2v) is 3.23. The second kappa shape index (κ2) is 5.07. The summed E-state index contributed by atoms with van der Waals surface area (Å²) in [6.45, 7) is 4.37. The highest BCUT2D eigenvalue weighted by atomic mass is 16.5. The van der Waals surface area contributed by atoms with Crippen LogP contribution in [0.1, 0.15) is 19.7 Å². The lowest BCUT2D eigenvalue weighted by Crippen LogP contribution is -2.29. The molecule has 0 saturated heterocycles. The summed E-state index contributed by atoms with van der Waals surface area (Å²) >= 11 is 0. The van der Waals surface area contributed by atoms with Gasteiger partial charge in [-0.15, -0.1) is 0 Å². The van der Waals surface area contributed by atoms with E-state index < -0.39 is 6.10 Å². The van der Waals surface area contributed by atoms with Crippen LogP contribution in [0, 0.1) is 0 Å². The Labute approximate surface area is 83.7 Å². The largest absolute Gasteiger partial charge is 0.390 e. The zero-order chi connectivity index (χ0) is 10.6. The van der Waals surface area contributed by atoms with E-state index in [2.05, 4.69) is 10.1 Å². The monoisotopic (exact) mass is 199 g/mol. The number of hydrogen-bond donors (Lipinski definition) is 1. The molecule has 0 spiro atoms. The predicted octanol–water partition coefficient (Wildman–Crippen LogP) is 0.143. The van der Waals surface area contributed by atoms with Crippen LogP contribution in [-0.4, -0.2) is 38.7 Å². The van der Waals surface area contributed by atoms with Gasteiger partial charge in [0.25, 0.3) is 0 Å². The molecule has 2 unspecified atom stereocenters. The van der Waals surface area contributed by atoms with Crippen molar-refractivity contribution in [1.29, 1.82) is 0 Å². The first-order chi connectivity index (χ1) is 6.65. The predicted molar refractivity (Wildman–Crippen MR) is 51.8 cm³/mol. The molecule has 1 aromatic heterocycles. The van der Waals surface area contributed by atoms with Crippen molar-refractivity contribution in [3.63, 3.8) is 0 Å². The van der Waals surface area contributed by atoms with Gasteiger partial charge in [-0.25, -0.2) is 4.98 Å². The van der Waals surface area contributed by atoms with Crippen LogP contribution in [0.15, 0.2) is 6.33 Å². The lowest BCUT2D eigenvalue weighted by Gasteiger charge is -2.17. The van der Waals surface area contributed by atoms with Gasteiger partial charge in [-0.1, -0.05) is 0 Å². The van der Waals surface area contributed by atoms with Gasteiger partial charge in [0.05, 0.1) is 12.2 Å². The Hall–Kier alpha value is -0.940. The van der Waals surface area contributed by atoms with Crippen molar-refractivity contribution in [1.82, 2.24) is 14.8 Å². The molecule has 0 amide bonds. The van der Waals surface area contributed by atoms with Crippen LogP contribution in [0.3, 0.4) is 0 Å². The molecular formula is C9H17N3O2. The summed E-state index contributed by atoms with van der Waals surface area (Å²) in [5, 5.41) is 13.7. The van der Waals surface area contributed by atoms with Crippen LogP contribution in [0.4, 0.5) is 0 Å². The molecule has 0 aromatic carbocycles. The fraction of sp³-hybridized carbons (Fsp3) is 0.778. The van der Waals surface area contributed by atoms with Gasteiger partial charge in [-0.2, -0.15) is 5.10 Å². The third-order valence-electron chi connectivity index (χ3n) is 2.17. The molecule has 0 fully saturated rings. The molecule has 2 atom stereocenters. The zero-order valence-corrected chi connectivity index (χ0v) is 8.84. The summed E-state index contributed by atoms with van der Waals surface area (Å²) in [7, 11) is 1.81. The maximum atomic E-state index is 9.74. The molecule has 80 valence electrons. The molecule has 5 heteroatoms. The van der Waals surface area contributed by atoms with Gasteiger partial charge in [0.15, 0.2) is 0 Å². The van der Waals surface area contributed by atoms with E-state index in [9.17, 15) is 5.11 Å². The molecule has 0 aliphatic rings. The Balaban J connectivity index is 2.48. The Morgan fingerprint density at radius 2 is 2.36 bits per heavy atom. The van der Waals surface area contributed by atoms with E-state index in [1.54, 1.807) is 11.7 Å². The molecule has 1 N–H and O–H groups in total. The average molecular weight is 199 g/mol. The van der Waals surface area contributed by atoms with Gasteiger partial charge in [0, 0.05) is 20.1 Å². The van der Waals surface area contributed by atoms with Crippen molar-refractivity contribution >= 4 is 0 Å². The number of aryl methyl sites for hydroxylation is 1. The van der Waals surface area contributed by atoms with E-state index in [4.69, 9.17) is 4.74 Å². The first kappa shape index (κ1) is 11.1. The van der Waals surface area contributed by atoms with Crippen LogP contribution in [0.5, 0.6) is 0 Å². The van der Waals surface area contributed by atoms with Crippen molar-refractivity contribution in [2.45, 2.75) is 32.5 Å². The Morgan fingerprint density at radius 1 is 1.64 bits per heavy atom. The van der Waals surface area contributed by atoms with Gasteiger partial charge < -0.3 is 9.84 Å². The standard InChI is InChI=1S/C9H17N3O2/c1-4-14-7(2)8(13)5-9-10-6-11-12(9)3/h6-8,13H,4-5H2,1-3H3. The molecule has 0 radical (unpaired) electrons. The minimum atomic E-state index is -0.530. The summed E-state index contributed by atoms with van der Waals surface area (Å²) in [6.07, 6.45) is 1.25. The topological polar surface area (TPSA) is 60.2 Å². The minimum Gasteiger partial charge on any atom is -0.390 e. The third kappa shape index (κ3) is 2.78. The SMILES string of the molecule is CCOC(C)C(O)Cc1ncnn1C. The van der Waals surface area contributed by atoms with Crippen LogP contribution in [0.25, 0.3) is 0 Å². The Morgan fingerprint density at radius 3 is 2.86 bits per heavy atom. The molecule has 0 aliphatic heterocycles. The highest BCUT2D eigenvalue weighted by Crippen LogP contribution is 2.05. The molecule has 1 rings (SSSR count). The molecule has 0 aliphatic carbocycles. The average Bonchev–Trinajstić information content (AvgIpc) is 2.52. The minimum absolute atomic E-state index is 0.170. The second-order valence-electron chi connectivity index (χ2n) is 3.23. The summed E-state index contributed by atoms with van der Waals surface area (Å²) < 4.78 is 6.94.